The van der Waals surface area contributed by atoms with Gasteiger partial charge in [0, 0.05) is 19.5 Å². The molecule has 0 bridgehead atoms. The lowest BCUT2D eigenvalue weighted by Gasteiger charge is -2.32. The minimum Gasteiger partial charge on any atom is -0.370 e. The summed E-state index contributed by atoms with van der Waals surface area (Å²) in [6, 6.07) is 5.63. The van der Waals surface area contributed by atoms with Gasteiger partial charge in [-0.3, -0.25) is 4.79 Å². The molecular formula is C12H16ClN3O. The Morgan fingerprint density at radius 2 is 2.18 bits per heavy atom. The predicted octanol–water partition coefficient (Wildman–Crippen LogP) is 1.83. The lowest BCUT2D eigenvalue weighted by molar-refractivity contribution is -0.119. The van der Waals surface area contributed by atoms with E-state index in [1.165, 1.54) is 0 Å². The van der Waals surface area contributed by atoms with Gasteiger partial charge in [-0.15, -0.1) is 0 Å². The maximum Gasteiger partial charge on any atom is 0.217 e. The van der Waals surface area contributed by atoms with Crippen LogP contribution in [0.1, 0.15) is 19.3 Å². The average molecular weight is 254 g/mol. The number of anilines is 1. The van der Waals surface area contributed by atoms with Crippen LogP contribution < -0.4 is 10.6 Å². The summed E-state index contributed by atoms with van der Waals surface area (Å²) in [5, 5.41) is 0.516. The number of rotatable bonds is 3. The van der Waals surface area contributed by atoms with E-state index < -0.39 is 0 Å². The molecular weight excluding hydrogens is 238 g/mol. The third-order valence-corrected chi connectivity index (χ3v) is 3.34. The van der Waals surface area contributed by atoms with E-state index in [1.54, 1.807) is 6.07 Å². The first-order valence-electron chi connectivity index (χ1n) is 5.81. The first-order valence-corrected chi connectivity index (χ1v) is 6.19. The van der Waals surface area contributed by atoms with Gasteiger partial charge in [0.15, 0.2) is 0 Å². The van der Waals surface area contributed by atoms with Gasteiger partial charge in [0.1, 0.15) is 11.0 Å². The number of amides is 1. The lowest BCUT2D eigenvalue weighted by Crippen LogP contribution is -2.35. The molecule has 1 aromatic heterocycles. The number of aromatic nitrogens is 1. The number of hydrogen-bond acceptors (Lipinski definition) is 3. The van der Waals surface area contributed by atoms with Gasteiger partial charge in [0.05, 0.1) is 0 Å². The van der Waals surface area contributed by atoms with Gasteiger partial charge in [-0.2, -0.15) is 0 Å². The molecule has 1 aliphatic rings. The second-order valence-corrected chi connectivity index (χ2v) is 4.81. The Morgan fingerprint density at radius 1 is 1.47 bits per heavy atom. The fraction of sp³-hybridized carbons (Fsp3) is 0.500. The molecule has 0 atom stereocenters. The van der Waals surface area contributed by atoms with E-state index in [4.69, 9.17) is 17.3 Å². The van der Waals surface area contributed by atoms with Crippen molar-refractivity contribution >= 4 is 23.3 Å². The molecule has 0 aliphatic carbocycles. The van der Waals surface area contributed by atoms with Crippen LogP contribution in [0, 0.1) is 5.92 Å². The lowest BCUT2D eigenvalue weighted by atomic mass is 9.93. The number of carbonyl (C=O) groups is 1. The van der Waals surface area contributed by atoms with Crippen molar-refractivity contribution in [3.63, 3.8) is 0 Å². The average Bonchev–Trinajstić information content (AvgIpc) is 2.29. The molecule has 0 spiro atoms. The zero-order valence-electron chi connectivity index (χ0n) is 9.60. The largest absolute Gasteiger partial charge is 0.370 e. The number of piperidine rings is 1. The highest BCUT2D eigenvalue weighted by molar-refractivity contribution is 6.29. The number of primary amides is 1. The topological polar surface area (TPSA) is 59.2 Å². The summed E-state index contributed by atoms with van der Waals surface area (Å²) < 4.78 is 0. The number of nitrogens with two attached hydrogens (primary N) is 1. The maximum atomic E-state index is 10.8. The number of hydrogen-bond donors (Lipinski definition) is 1. The molecule has 1 saturated heterocycles. The third kappa shape index (κ3) is 3.33. The molecule has 1 aliphatic heterocycles. The molecule has 2 heterocycles. The van der Waals surface area contributed by atoms with Crippen molar-refractivity contribution in [1.82, 2.24) is 4.98 Å². The second-order valence-electron chi connectivity index (χ2n) is 4.42. The van der Waals surface area contributed by atoms with Crippen LogP contribution in [-0.4, -0.2) is 24.0 Å². The van der Waals surface area contributed by atoms with Crippen molar-refractivity contribution in [3.05, 3.63) is 23.4 Å². The minimum atomic E-state index is -0.204. The van der Waals surface area contributed by atoms with E-state index >= 15 is 0 Å². The Bertz CT molecular complexity index is 402. The molecule has 1 aromatic rings. The van der Waals surface area contributed by atoms with Gasteiger partial charge >= 0.3 is 0 Å². The monoisotopic (exact) mass is 253 g/mol. The standard InChI is InChI=1S/C12H16ClN3O/c13-10-2-1-3-12(15-10)16-6-4-9(5-7-16)8-11(14)17/h1-3,9H,4-8H2,(H2,14,17). The molecule has 4 nitrogen and oxygen atoms in total. The number of pyridine rings is 1. The van der Waals surface area contributed by atoms with Gasteiger partial charge in [0.25, 0.3) is 0 Å². The molecule has 5 heteroatoms. The number of carbonyl (C=O) groups excluding carboxylic acids is 1. The van der Waals surface area contributed by atoms with Gasteiger partial charge in [-0.1, -0.05) is 17.7 Å². The maximum absolute atomic E-state index is 10.8. The Morgan fingerprint density at radius 3 is 2.76 bits per heavy atom. The summed E-state index contributed by atoms with van der Waals surface area (Å²) >= 11 is 5.86. The fourth-order valence-corrected chi connectivity index (χ4v) is 2.38. The van der Waals surface area contributed by atoms with Crippen LogP contribution in [0.3, 0.4) is 0 Å². The SMILES string of the molecule is NC(=O)CC1CCN(c2cccc(Cl)n2)CC1. The first-order chi connectivity index (χ1) is 8.15. The van der Waals surface area contributed by atoms with E-state index in [0.717, 1.165) is 31.7 Å². The molecule has 0 radical (unpaired) electrons. The summed E-state index contributed by atoms with van der Waals surface area (Å²) in [6.45, 7) is 1.82. The molecule has 0 unspecified atom stereocenters. The van der Waals surface area contributed by atoms with Crippen molar-refractivity contribution in [2.45, 2.75) is 19.3 Å². The molecule has 0 saturated carbocycles. The van der Waals surface area contributed by atoms with Crippen LogP contribution in [-0.2, 0) is 4.79 Å². The highest BCUT2D eigenvalue weighted by Gasteiger charge is 2.21. The van der Waals surface area contributed by atoms with Gasteiger partial charge < -0.3 is 10.6 Å². The molecule has 0 aromatic carbocycles. The first kappa shape index (κ1) is 12.2. The quantitative estimate of drug-likeness (QED) is 0.836. The van der Waals surface area contributed by atoms with Crippen LogP contribution in [0.5, 0.6) is 0 Å². The van der Waals surface area contributed by atoms with Crippen LogP contribution in [0.15, 0.2) is 18.2 Å². The van der Waals surface area contributed by atoms with Crippen LogP contribution in [0.4, 0.5) is 5.82 Å². The second kappa shape index (κ2) is 5.36. The van der Waals surface area contributed by atoms with E-state index in [9.17, 15) is 4.79 Å². The van der Waals surface area contributed by atoms with E-state index in [-0.39, 0.29) is 5.91 Å². The Labute approximate surface area is 106 Å². The molecule has 17 heavy (non-hydrogen) atoms. The molecule has 1 fully saturated rings. The minimum absolute atomic E-state index is 0.204. The number of halogens is 1. The summed E-state index contributed by atoms with van der Waals surface area (Å²) in [5.41, 5.74) is 5.21. The van der Waals surface area contributed by atoms with Crippen molar-refractivity contribution in [3.8, 4) is 0 Å². The highest BCUT2D eigenvalue weighted by Crippen LogP contribution is 2.24. The molecule has 92 valence electrons. The smallest absolute Gasteiger partial charge is 0.217 e. The summed E-state index contributed by atoms with van der Waals surface area (Å²) in [7, 11) is 0. The van der Waals surface area contributed by atoms with Crippen molar-refractivity contribution in [2.24, 2.45) is 11.7 Å². The van der Waals surface area contributed by atoms with Crippen LogP contribution >= 0.6 is 11.6 Å². The van der Waals surface area contributed by atoms with Crippen molar-refractivity contribution in [1.29, 1.82) is 0 Å². The van der Waals surface area contributed by atoms with Crippen LogP contribution in [0.2, 0.25) is 5.15 Å². The zero-order chi connectivity index (χ0) is 12.3. The number of nitrogens with zero attached hydrogens (tertiary/aromatic N) is 2. The molecule has 1 amide bonds. The van der Waals surface area contributed by atoms with E-state index in [1.807, 2.05) is 12.1 Å². The molecule has 2 rings (SSSR count). The fourth-order valence-electron chi connectivity index (χ4n) is 2.22. The Hall–Kier alpha value is -1.29. The normalized spacial score (nSPS) is 17.1. The third-order valence-electron chi connectivity index (χ3n) is 3.13. The van der Waals surface area contributed by atoms with Gasteiger partial charge in [-0.25, -0.2) is 4.98 Å². The summed E-state index contributed by atoms with van der Waals surface area (Å²) in [4.78, 5) is 17.3. The van der Waals surface area contributed by atoms with Crippen molar-refractivity contribution < 1.29 is 4.79 Å². The Kier molecular flexibility index (Phi) is 3.84. The predicted molar refractivity (Wildman–Crippen MR) is 68.0 cm³/mol. The van der Waals surface area contributed by atoms with E-state index in [2.05, 4.69) is 9.88 Å². The molecule has 2 N–H and O–H groups in total. The summed E-state index contributed by atoms with van der Waals surface area (Å²) in [5.74, 6) is 1.13. The highest BCUT2D eigenvalue weighted by atomic mass is 35.5. The van der Waals surface area contributed by atoms with Crippen molar-refractivity contribution in [2.75, 3.05) is 18.0 Å². The Balaban J connectivity index is 1.93. The van der Waals surface area contributed by atoms with Crippen LogP contribution in [0.25, 0.3) is 0 Å². The zero-order valence-corrected chi connectivity index (χ0v) is 10.4. The van der Waals surface area contributed by atoms with Gasteiger partial charge in [-0.05, 0) is 30.9 Å². The summed E-state index contributed by atoms with van der Waals surface area (Å²) in [6.07, 6.45) is 2.46. The van der Waals surface area contributed by atoms with Gasteiger partial charge in [0.2, 0.25) is 5.91 Å². The van der Waals surface area contributed by atoms with E-state index in [0.29, 0.717) is 17.5 Å².